The Bertz CT molecular complexity index is 550. The van der Waals surface area contributed by atoms with Crippen molar-refractivity contribution in [2.75, 3.05) is 25.1 Å². The molecule has 1 aromatic rings. The maximum atomic E-state index is 11.7. The molecule has 7 nitrogen and oxygen atoms in total. The van der Waals surface area contributed by atoms with Gasteiger partial charge in [0.05, 0.1) is 12.2 Å². The monoisotopic (exact) mass is 307 g/mol. The third-order valence-corrected chi connectivity index (χ3v) is 2.43. The summed E-state index contributed by atoms with van der Waals surface area (Å²) in [5.41, 5.74) is 0.779. The van der Waals surface area contributed by atoms with Gasteiger partial charge in [0.1, 0.15) is 6.61 Å². The summed E-state index contributed by atoms with van der Waals surface area (Å²) in [4.78, 5) is 33.3. The molecule has 0 radical (unpaired) electrons. The molecule has 0 aliphatic heterocycles. The fourth-order valence-electron chi connectivity index (χ4n) is 1.44. The number of carboxylic acid groups (broad SMARTS) is 1. The molecule has 1 aromatic carbocycles. The fourth-order valence-corrected chi connectivity index (χ4v) is 1.44. The van der Waals surface area contributed by atoms with Gasteiger partial charge in [0.2, 0.25) is 5.91 Å². The number of ether oxygens (including phenoxy) is 2. The zero-order valence-corrected chi connectivity index (χ0v) is 12.1. The zero-order valence-electron chi connectivity index (χ0n) is 12.1. The molecule has 1 amide bonds. The second-order valence-corrected chi connectivity index (χ2v) is 4.07. The Morgan fingerprint density at radius 3 is 2.41 bits per heavy atom. The second kappa shape index (κ2) is 9.30. The zero-order chi connectivity index (χ0) is 16.4. The Kier molecular flexibility index (Phi) is 7.35. The molecule has 22 heavy (non-hydrogen) atoms. The van der Waals surface area contributed by atoms with Crippen LogP contribution in [-0.2, 0) is 19.1 Å². The summed E-state index contributed by atoms with van der Waals surface area (Å²) >= 11 is 0. The van der Waals surface area contributed by atoms with Crippen LogP contribution < -0.4 is 5.32 Å². The van der Waals surface area contributed by atoms with Crippen LogP contribution in [0, 0.1) is 0 Å². The first-order valence-electron chi connectivity index (χ1n) is 6.60. The van der Waals surface area contributed by atoms with Gasteiger partial charge in [-0.2, -0.15) is 0 Å². The standard InChI is InChI=1S/C15H17NO6/c1-2-21-9-10-22-15(20)11-3-5-12(6-4-11)16-13(17)7-8-14(18)19/h3-8H,2,9-10H2,1H3,(H,16,17)(H,18,19)/b8-7-. The predicted molar refractivity (Wildman–Crippen MR) is 78.6 cm³/mol. The average Bonchev–Trinajstić information content (AvgIpc) is 2.50. The maximum Gasteiger partial charge on any atom is 0.338 e. The predicted octanol–water partition coefficient (Wildman–Crippen LogP) is 1.46. The van der Waals surface area contributed by atoms with E-state index >= 15 is 0 Å². The normalized spacial score (nSPS) is 10.4. The minimum absolute atomic E-state index is 0.172. The third kappa shape index (κ3) is 6.67. The Balaban J connectivity index is 2.50. The molecule has 0 aliphatic carbocycles. The average molecular weight is 307 g/mol. The van der Waals surface area contributed by atoms with Crippen molar-refractivity contribution in [3.63, 3.8) is 0 Å². The van der Waals surface area contributed by atoms with Gasteiger partial charge in [-0.15, -0.1) is 0 Å². The molecule has 2 N–H and O–H groups in total. The topological polar surface area (TPSA) is 102 Å². The highest BCUT2D eigenvalue weighted by Crippen LogP contribution is 2.10. The van der Waals surface area contributed by atoms with Crippen LogP contribution >= 0.6 is 0 Å². The highest BCUT2D eigenvalue weighted by Gasteiger charge is 2.07. The van der Waals surface area contributed by atoms with Crippen LogP contribution in [0.2, 0.25) is 0 Å². The molecular formula is C15H17NO6. The largest absolute Gasteiger partial charge is 0.478 e. The van der Waals surface area contributed by atoms with E-state index in [0.717, 1.165) is 12.2 Å². The van der Waals surface area contributed by atoms with Crippen molar-refractivity contribution in [2.24, 2.45) is 0 Å². The molecule has 7 heteroatoms. The number of carbonyl (C=O) groups excluding carboxylic acids is 2. The van der Waals surface area contributed by atoms with E-state index in [1.165, 1.54) is 24.3 Å². The lowest BCUT2D eigenvalue weighted by atomic mass is 10.2. The van der Waals surface area contributed by atoms with Crippen LogP contribution in [0.3, 0.4) is 0 Å². The minimum atomic E-state index is -1.21. The van der Waals surface area contributed by atoms with E-state index in [-0.39, 0.29) is 6.61 Å². The summed E-state index contributed by atoms with van der Waals surface area (Å²) in [6.07, 6.45) is 1.64. The lowest BCUT2D eigenvalue weighted by molar-refractivity contribution is -0.131. The number of hydrogen-bond acceptors (Lipinski definition) is 5. The number of anilines is 1. The Morgan fingerprint density at radius 2 is 1.82 bits per heavy atom. The summed E-state index contributed by atoms with van der Waals surface area (Å²) in [6.45, 7) is 2.92. The van der Waals surface area contributed by atoms with Crippen LogP contribution in [0.4, 0.5) is 5.69 Å². The summed E-state index contributed by atoms with van der Waals surface area (Å²) in [7, 11) is 0. The number of carbonyl (C=O) groups is 3. The minimum Gasteiger partial charge on any atom is -0.478 e. The van der Waals surface area contributed by atoms with Crippen LogP contribution in [0.25, 0.3) is 0 Å². The smallest absolute Gasteiger partial charge is 0.338 e. The second-order valence-electron chi connectivity index (χ2n) is 4.07. The van der Waals surface area contributed by atoms with Gasteiger partial charge in [-0.05, 0) is 31.2 Å². The van der Waals surface area contributed by atoms with E-state index in [4.69, 9.17) is 14.6 Å². The highest BCUT2D eigenvalue weighted by atomic mass is 16.6. The van der Waals surface area contributed by atoms with E-state index in [0.29, 0.717) is 24.5 Å². The number of aliphatic carboxylic acids is 1. The number of hydrogen-bond donors (Lipinski definition) is 2. The van der Waals surface area contributed by atoms with Gasteiger partial charge in [-0.1, -0.05) is 0 Å². The number of esters is 1. The number of rotatable bonds is 8. The molecule has 0 heterocycles. The van der Waals surface area contributed by atoms with E-state index in [9.17, 15) is 14.4 Å². The molecule has 0 spiro atoms. The Hall–Kier alpha value is -2.67. The van der Waals surface area contributed by atoms with Crippen molar-refractivity contribution in [2.45, 2.75) is 6.92 Å². The van der Waals surface area contributed by atoms with Gasteiger partial charge < -0.3 is 19.9 Å². The molecule has 0 unspecified atom stereocenters. The molecule has 0 aromatic heterocycles. The molecule has 1 rings (SSSR count). The van der Waals surface area contributed by atoms with Crippen molar-refractivity contribution < 1.29 is 29.0 Å². The first kappa shape index (κ1) is 17.4. The van der Waals surface area contributed by atoms with Gasteiger partial charge in [-0.3, -0.25) is 4.79 Å². The lowest BCUT2D eigenvalue weighted by Gasteiger charge is -2.06. The number of nitrogens with one attached hydrogen (secondary N) is 1. The Labute approximate surface area is 127 Å². The third-order valence-electron chi connectivity index (χ3n) is 2.43. The van der Waals surface area contributed by atoms with Gasteiger partial charge in [-0.25, -0.2) is 9.59 Å². The number of amides is 1. The lowest BCUT2D eigenvalue weighted by Crippen LogP contribution is -2.11. The van der Waals surface area contributed by atoms with Crippen molar-refractivity contribution in [1.29, 1.82) is 0 Å². The van der Waals surface area contributed by atoms with Crippen LogP contribution in [0.15, 0.2) is 36.4 Å². The van der Waals surface area contributed by atoms with E-state index < -0.39 is 17.8 Å². The molecule has 0 bridgehead atoms. The summed E-state index contributed by atoms with van der Waals surface area (Å²) in [5.74, 6) is -2.27. The number of benzene rings is 1. The van der Waals surface area contributed by atoms with Crippen LogP contribution in [0.1, 0.15) is 17.3 Å². The first-order chi connectivity index (χ1) is 10.5. The molecule has 0 saturated heterocycles. The first-order valence-corrected chi connectivity index (χ1v) is 6.60. The quantitative estimate of drug-likeness (QED) is 0.428. The summed E-state index contributed by atoms with van der Waals surface area (Å²) in [5, 5.41) is 10.9. The fraction of sp³-hybridized carbons (Fsp3) is 0.267. The van der Waals surface area contributed by atoms with Crippen LogP contribution in [-0.4, -0.2) is 42.8 Å². The molecular weight excluding hydrogens is 290 g/mol. The van der Waals surface area contributed by atoms with E-state index in [1.54, 1.807) is 0 Å². The maximum absolute atomic E-state index is 11.7. The van der Waals surface area contributed by atoms with E-state index in [1.807, 2.05) is 6.92 Å². The van der Waals surface area contributed by atoms with Crippen molar-refractivity contribution >= 4 is 23.5 Å². The van der Waals surface area contributed by atoms with Crippen molar-refractivity contribution in [1.82, 2.24) is 0 Å². The molecule has 0 fully saturated rings. The molecule has 0 atom stereocenters. The van der Waals surface area contributed by atoms with Crippen molar-refractivity contribution in [3.8, 4) is 0 Å². The Morgan fingerprint density at radius 1 is 1.14 bits per heavy atom. The van der Waals surface area contributed by atoms with Gasteiger partial charge in [0, 0.05) is 24.4 Å². The summed E-state index contributed by atoms with van der Waals surface area (Å²) in [6, 6.07) is 6.04. The van der Waals surface area contributed by atoms with Crippen molar-refractivity contribution in [3.05, 3.63) is 42.0 Å². The number of carboxylic acids is 1. The molecule has 0 saturated carbocycles. The molecule has 0 aliphatic rings. The summed E-state index contributed by atoms with van der Waals surface area (Å²) < 4.78 is 10.0. The van der Waals surface area contributed by atoms with Crippen LogP contribution in [0.5, 0.6) is 0 Å². The molecule has 118 valence electrons. The van der Waals surface area contributed by atoms with Gasteiger partial charge >= 0.3 is 11.9 Å². The van der Waals surface area contributed by atoms with E-state index in [2.05, 4.69) is 5.32 Å². The highest BCUT2D eigenvalue weighted by molar-refractivity contribution is 6.02. The van der Waals surface area contributed by atoms with Gasteiger partial charge in [0.15, 0.2) is 0 Å². The SMILES string of the molecule is CCOCCOC(=O)c1ccc(NC(=O)/C=C\C(=O)O)cc1. The van der Waals surface area contributed by atoms with Gasteiger partial charge in [0.25, 0.3) is 0 Å².